The van der Waals surface area contributed by atoms with Gasteiger partial charge in [0.05, 0.1) is 0 Å². The minimum absolute atomic E-state index is 0.338. The van der Waals surface area contributed by atoms with Gasteiger partial charge < -0.3 is 9.47 Å². The van der Waals surface area contributed by atoms with Crippen molar-refractivity contribution >= 4 is 0 Å². The Balaban J connectivity index is 4.29. The molecule has 0 saturated carbocycles. The molecule has 13 heavy (non-hydrogen) atoms. The third kappa shape index (κ3) is 3.44. The molecule has 2 nitrogen and oxygen atoms in total. The molecule has 0 aliphatic heterocycles. The molecule has 0 N–H and O–H groups in total. The smallest absolute Gasteiger partial charge is 0.238 e. The summed E-state index contributed by atoms with van der Waals surface area (Å²) in [6, 6.07) is 0. The molecule has 0 heterocycles. The maximum absolute atomic E-state index is 14.0. The van der Waals surface area contributed by atoms with Gasteiger partial charge in [-0.2, -0.15) is 0 Å². The molecule has 0 saturated heterocycles. The number of hydrogen-bond donors (Lipinski definition) is 0. The van der Waals surface area contributed by atoms with Gasteiger partial charge >= 0.3 is 0 Å². The van der Waals surface area contributed by atoms with E-state index in [1.54, 1.807) is 0 Å². The number of rotatable bonds is 7. The molecule has 0 aliphatic carbocycles. The number of halogens is 1. The molecular weight excluding hydrogens is 171 g/mol. The molecule has 3 heteroatoms. The number of ether oxygens (including phenoxy) is 2. The van der Waals surface area contributed by atoms with E-state index >= 15 is 0 Å². The van der Waals surface area contributed by atoms with E-state index in [2.05, 4.69) is 6.58 Å². The molecule has 0 rings (SSSR count). The predicted molar refractivity (Wildman–Crippen MR) is 51.4 cm³/mol. The Morgan fingerprint density at radius 1 is 1.54 bits per heavy atom. The molecule has 0 aliphatic rings. The van der Waals surface area contributed by atoms with E-state index in [1.807, 2.05) is 6.92 Å². The van der Waals surface area contributed by atoms with E-state index in [-0.39, 0.29) is 0 Å². The van der Waals surface area contributed by atoms with Gasteiger partial charge in [0.2, 0.25) is 5.85 Å². The highest BCUT2D eigenvalue weighted by Gasteiger charge is 2.37. The van der Waals surface area contributed by atoms with Gasteiger partial charge in [-0.15, -0.1) is 6.58 Å². The first-order valence-corrected chi connectivity index (χ1v) is 4.54. The third-order valence-corrected chi connectivity index (χ3v) is 2.10. The Labute approximate surface area is 79.7 Å². The molecule has 2 unspecified atom stereocenters. The molecule has 0 aromatic rings. The van der Waals surface area contributed by atoms with Crippen LogP contribution in [0.1, 0.15) is 26.2 Å². The van der Waals surface area contributed by atoms with Crippen LogP contribution in [-0.4, -0.2) is 26.2 Å². The largest absolute Gasteiger partial charge is 0.371 e. The van der Waals surface area contributed by atoms with Gasteiger partial charge in [-0.1, -0.05) is 19.4 Å². The lowest BCUT2D eigenvalue weighted by Gasteiger charge is -2.29. The van der Waals surface area contributed by atoms with E-state index in [1.165, 1.54) is 20.3 Å². The summed E-state index contributed by atoms with van der Waals surface area (Å²) in [5.41, 5.74) is 0. The van der Waals surface area contributed by atoms with Gasteiger partial charge in [0.25, 0.3) is 0 Å². The van der Waals surface area contributed by atoms with Crippen LogP contribution in [0, 0.1) is 0 Å². The van der Waals surface area contributed by atoms with Crippen LogP contribution in [0.4, 0.5) is 4.39 Å². The fraction of sp³-hybridized carbons (Fsp3) is 0.800. The summed E-state index contributed by atoms with van der Waals surface area (Å²) in [5, 5.41) is 0. The molecule has 78 valence electrons. The predicted octanol–water partition coefficient (Wildman–Crippen LogP) is 2.69. The molecule has 0 radical (unpaired) electrons. The van der Waals surface area contributed by atoms with Crippen LogP contribution in [0.15, 0.2) is 12.7 Å². The second-order valence-corrected chi connectivity index (χ2v) is 2.99. The Kier molecular flexibility index (Phi) is 5.91. The molecule has 0 aromatic heterocycles. The van der Waals surface area contributed by atoms with Crippen LogP contribution in [0.25, 0.3) is 0 Å². The standard InChI is InChI=1S/C10H19FO2/c1-5-7-8-10(11,13-4)9(6-2)12-3/h6,9H,2,5,7-8H2,1,3-4H3. The lowest BCUT2D eigenvalue weighted by molar-refractivity contribution is -0.189. The number of unbranched alkanes of at least 4 members (excludes halogenated alkanes) is 1. The number of hydrogen-bond acceptors (Lipinski definition) is 2. The van der Waals surface area contributed by atoms with Crippen LogP contribution in [0.5, 0.6) is 0 Å². The van der Waals surface area contributed by atoms with E-state index in [9.17, 15) is 4.39 Å². The van der Waals surface area contributed by atoms with Crippen LogP contribution in [-0.2, 0) is 9.47 Å². The first kappa shape index (κ1) is 12.6. The highest BCUT2D eigenvalue weighted by atomic mass is 19.2. The van der Waals surface area contributed by atoms with Gasteiger partial charge in [0.15, 0.2) is 0 Å². The Morgan fingerprint density at radius 2 is 2.15 bits per heavy atom. The van der Waals surface area contributed by atoms with Crippen molar-refractivity contribution < 1.29 is 13.9 Å². The Bertz CT molecular complexity index is 150. The fourth-order valence-corrected chi connectivity index (χ4v) is 1.23. The van der Waals surface area contributed by atoms with Gasteiger partial charge in [-0.05, 0) is 6.42 Å². The molecule has 0 amide bonds. The van der Waals surface area contributed by atoms with Crippen molar-refractivity contribution in [1.29, 1.82) is 0 Å². The SMILES string of the molecule is C=CC(OC)C(F)(CCCC)OC. The van der Waals surface area contributed by atoms with Crippen molar-refractivity contribution in [1.82, 2.24) is 0 Å². The second-order valence-electron chi connectivity index (χ2n) is 2.99. The zero-order chi connectivity index (χ0) is 10.3. The third-order valence-electron chi connectivity index (χ3n) is 2.10. The van der Waals surface area contributed by atoms with Crippen LogP contribution >= 0.6 is 0 Å². The van der Waals surface area contributed by atoms with Crippen LogP contribution in [0.2, 0.25) is 0 Å². The highest BCUT2D eigenvalue weighted by molar-refractivity contribution is 4.92. The number of methoxy groups -OCH3 is 2. The molecule has 0 aromatic carbocycles. The van der Waals surface area contributed by atoms with E-state index in [0.29, 0.717) is 6.42 Å². The summed E-state index contributed by atoms with van der Waals surface area (Å²) >= 11 is 0. The summed E-state index contributed by atoms with van der Waals surface area (Å²) < 4.78 is 23.7. The quantitative estimate of drug-likeness (QED) is 0.575. The van der Waals surface area contributed by atoms with Crippen molar-refractivity contribution in [3.05, 3.63) is 12.7 Å². The summed E-state index contributed by atoms with van der Waals surface area (Å²) in [4.78, 5) is 0. The van der Waals surface area contributed by atoms with Crippen molar-refractivity contribution in [3.8, 4) is 0 Å². The number of alkyl halides is 1. The minimum atomic E-state index is -1.73. The lowest BCUT2D eigenvalue weighted by Crippen LogP contribution is -2.39. The van der Waals surface area contributed by atoms with E-state index < -0.39 is 12.0 Å². The van der Waals surface area contributed by atoms with Crippen molar-refractivity contribution in [2.75, 3.05) is 14.2 Å². The summed E-state index contributed by atoms with van der Waals surface area (Å²) in [6.07, 6.45) is 2.79. The first-order chi connectivity index (χ1) is 6.14. The monoisotopic (exact) mass is 190 g/mol. The Morgan fingerprint density at radius 3 is 2.46 bits per heavy atom. The molecular formula is C10H19FO2. The molecule has 2 atom stereocenters. The average molecular weight is 190 g/mol. The second kappa shape index (κ2) is 6.11. The van der Waals surface area contributed by atoms with Crippen LogP contribution in [0.3, 0.4) is 0 Å². The molecule has 0 fully saturated rings. The minimum Gasteiger partial charge on any atom is -0.371 e. The zero-order valence-corrected chi connectivity index (χ0v) is 8.68. The van der Waals surface area contributed by atoms with Crippen molar-refractivity contribution in [2.45, 2.75) is 38.1 Å². The van der Waals surface area contributed by atoms with Gasteiger partial charge in [-0.25, -0.2) is 4.39 Å². The fourth-order valence-electron chi connectivity index (χ4n) is 1.23. The normalized spacial score (nSPS) is 17.8. The summed E-state index contributed by atoms with van der Waals surface area (Å²) in [6.45, 7) is 5.51. The topological polar surface area (TPSA) is 18.5 Å². The molecule has 0 bridgehead atoms. The Hall–Kier alpha value is -0.410. The summed E-state index contributed by atoms with van der Waals surface area (Å²) in [5.74, 6) is -1.73. The summed E-state index contributed by atoms with van der Waals surface area (Å²) in [7, 11) is 2.80. The maximum atomic E-state index is 14.0. The average Bonchev–Trinajstić information content (AvgIpc) is 2.16. The zero-order valence-electron chi connectivity index (χ0n) is 8.68. The van der Waals surface area contributed by atoms with Gasteiger partial charge in [0, 0.05) is 20.6 Å². The van der Waals surface area contributed by atoms with E-state index in [0.717, 1.165) is 12.8 Å². The molecule has 0 spiro atoms. The maximum Gasteiger partial charge on any atom is 0.238 e. The van der Waals surface area contributed by atoms with Gasteiger partial charge in [-0.3, -0.25) is 0 Å². The first-order valence-electron chi connectivity index (χ1n) is 4.54. The highest BCUT2D eigenvalue weighted by Crippen LogP contribution is 2.27. The van der Waals surface area contributed by atoms with Crippen LogP contribution < -0.4 is 0 Å². The van der Waals surface area contributed by atoms with Gasteiger partial charge in [0.1, 0.15) is 6.10 Å². The van der Waals surface area contributed by atoms with Crippen molar-refractivity contribution in [3.63, 3.8) is 0 Å². The lowest BCUT2D eigenvalue weighted by atomic mass is 10.0. The van der Waals surface area contributed by atoms with E-state index in [4.69, 9.17) is 9.47 Å². The van der Waals surface area contributed by atoms with Crippen molar-refractivity contribution in [2.24, 2.45) is 0 Å².